The van der Waals surface area contributed by atoms with Crippen molar-refractivity contribution in [3.05, 3.63) is 77.9 Å². The molecule has 0 atom stereocenters. The highest BCUT2D eigenvalue weighted by atomic mass is 16.7. The summed E-state index contributed by atoms with van der Waals surface area (Å²) in [6, 6.07) is 8.95. The van der Waals surface area contributed by atoms with E-state index in [2.05, 4.69) is 25.3 Å². The summed E-state index contributed by atoms with van der Waals surface area (Å²) in [5, 5.41) is 13.8. The molecular weight excluding hydrogens is 983 g/mol. The number of carbonyl (C=O) groups is 6. The SMILES string of the molecule is COc1cnc(-n2cnc(C(C)(C)COCCOCCOCCOCCn3cc(COCCOCCOCCC(=O)ON4C(=O)CCC4=O)nn3)n2)c2[nH]cc(C(=O)C(=O)N3CCN(C(=O)c4ccccc4)CC3)c12. The molecule has 5 aromatic rings. The third kappa shape index (κ3) is 15.7. The van der Waals surface area contributed by atoms with Gasteiger partial charge in [-0.2, -0.15) is 0 Å². The predicted molar refractivity (Wildman–Crippen MR) is 260 cm³/mol. The molecule has 75 heavy (non-hydrogen) atoms. The molecule has 0 bridgehead atoms. The Bertz CT molecular complexity index is 2670. The lowest BCUT2D eigenvalue weighted by atomic mass is 9.94. The fraction of sp³-hybridized carbons (Fsp3) is 0.531. The maximum absolute atomic E-state index is 13.7. The number of imide groups is 1. The number of carbonyl (C=O) groups excluding carboxylic acids is 6. The molecule has 0 radical (unpaired) electrons. The fourth-order valence-electron chi connectivity index (χ4n) is 7.72. The van der Waals surface area contributed by atoms with Crippen molar-refractivity contribution in [2.75, 3.05) is 119 Å². The van der Waals surface area contributed by atoms with Gasteiger partial charge in [0.15, 0.2) is 11.6 Å². The van der Waals surface area contributed by atoms with Gasteiger partial charge in [-0.1, -0.05) is 37.3 Å². The number of Topliss-reactive ketones (excluding diaryl/α,β-unsaturated/α-hetero) is 1. The van der Waals surface area contributed by atoms with Crippen LogP contribution in [0.2, 0.25) is 0 Å². The molecule has 2 aliphatic heterocycles. The maximum atomic E-state index is 13.7. The Balaban J connectivity index is 0.703. The monoisotopic (exact) mass is 1050 g/mol. The van der Waals surface area contributed by atoms with Gasteiger partial charge < -0.3 is 57.5 Å². The number of methoxy groups -OCH3 is 1. The molecule has 26 heteroatoms. The van der Waals surface area contributed by atoms with Crippen molar-refractivity contribution in [1.82, 2.24) is 54.6 Å². The van der Waals surface area contributed by atoms with E-state index in [1.165, 1.54) is 35.4 Å². The zero-order chi connectivity index (χ0) is 53.0. The number of ketones is 1. The van der Waals surface area contributed by atoms with Crippen LogP contribution in [0.4, 0.5) is 0 Å². The number of hydroxylamine groups is 2. The van der Waals surface area contributed by atoms with Gasteiger partial charge in [-0.25, -0.2) is 24.1 Å². The van der Waals surface area contributed by atoms with Crippen LogP contribution in [-0.4, -0.2) is 209 Å². The van der Waals surface area contributed by atoms with Crippen LogP contribution in [-0.2, 0) is 75.7 Å². The number of hydrogen-bond donors (Lipinski definition) is 1. The topological polar surface area (TPSA) is 285 Å². The lowest BCUT2D eigenvalue weighted by Gasteiger charge is -2.34. The van der Waals surface area contributed by atoms with E-state index in [9.17, 15) is 28.8 Å². The second kappa shape index (κ2) is 28.0. The number of hydrogen-bond acceptors (Lipinski definition) is 20. The van der Waals surface area contributed by atoms with E-state index in [4.69, 9.17) is 47.8 Å². The van der Waals surface area contributed by atoms with Gasteiger partial charge in [-0.3, -0.25) is 24.0 Å². The van der Waals surface area contributed by atoms with Crippen LogP contribution >= 0.6 is 0 Å². The van der Waals surface area contributed by atoms with Crippen molar-refractivity contribution >= 4 is 46.3 Å². The van der Waals surface area contributed by atoms with Gasteiger partial charge in [0.1, 0.15) is 17.8 Å². The fourth-order valence-corrected chi connectivity index (χ4v) is 7.72. The molecule has 0 unspecified atom stereocenters. The Morgan fingerprint density at radius 3 is 2.01 bits per heavy atom. The van der Waals surface area contributed by atoms with Crippen LogP contribution in [0, 0.1) is 0 Å². The number of ether oxygens (including phenoxy) is 8. The Labute approximate surface area is 431 Å². The summed E-state index contributed by atoms with van der Waals surface area (Å²) in [4.78, 5) is 95.0. The van der Waals surface area contributed by atoms with Gasteiger partial charge in [-0.15, -0.1) is 15.3 Å². The third-order valence-electron chi connectivity index (χ3n) is 11.8. The van der Waals surface area contributed by atoms with Gasteiger partial charge in [0, 0.05) is 56.2 Å². The van der Waals surface area contributed by atoms with E-state index < -0.39 is 34.9 Å². The number of aromatic nitrogens is 8. The van der Waals surface area contributed by atoms with Crippen molar-refractivity contribution in [2.24, 2.45) is 0 Å². The molecule has 7 rings (SSSR count). The molecule has 1 N–H and O–H groups in total. The molecule has 4 amide bonds. The molecule has 404 valence electrons. The van der Waals surface area contributed by atoms with Crippen LogP contribution in [0.3, 0.4) is 0 Å². The smallest absolute Gasteiger partial charge is 0.335 e. The van der Waals surface area contributed by atoms with E-state index in [-0.39, 0.29) is 63.6 Å². The summed E-state index contributed by atoms with van der Waals surface area (Å²) in [5.74, 6) is -2.12. The van der Waals surface area contributed by atoms with E-state index >= 15 is 0 Å². The summed E-state index contributed by atoms with van der Waals surface area (Å²) in [7, 11) is 1.46. The zero-order valence-corrected chi connectivity index (χ0v) is 42.3. The van der Waals surface area contributed by atoms with E-state index in [1.807, 2.05) is 19.9 Å². The van der Waals surface area contributed by atoms with Gasteiger partial charge in [0.25, 0.3) is 29.4 Å². The number of H-pyrrole nitrogens is 1. The van der Waals surface area contributed by atoms with E-state index in [0.29, 0.717) is 137 Å². The molecule has 2 aliphatic rings. The molecule has 26 nitrogen and oxygen atoms in total. The van der Waals surface area contributed by atoms with Crippen molar-refractivity contribution in [3.8, 4) is 11.6 Å². The first-order chi connectivity index (χ1) is 36.4. The summed E-state index contributed by atoms with van der Waals surface area (Å²) >= 11 is 0. The average molecular weight is 1050 g/mol. The summed E-state index contributed by atoms with van der Waals surface area (Å²) in [5.41, 5.74) is 1.21. The minimum atomic E-state index is -0.719. The lowest BCUT2D eigenvalue weighted by molar-refractivity contribution is -0.198. The van der Waals surface area contributed by atoms with Crippen molar-refractivity contribution < 1.29 is 71.5 Å². The molecule has 6 heterocycles. The van der Waals surface area contributed by atoms with Gasteiger partial charge in [0.2, 0.25) is 0 Å². The number of amides is 4. The molecule has 4 aromatic heterocycles. The van der Waals surface area contributed by atoms with Crippen LogP contribution in [0.15, 0.2) is 55.2 Å². The second-order valence-electron chi connectivity index (χ2n) is 17.7. The first-order valence-electron chi connectivity index (χ1n) is 24.6. The first-order valence-corrected chi connectivity index (χ1v) is 24.6. The number of nitrogens with zero attached hydrogens (tertiary/aromatic N) is 10. The van der Waals surface area contributed by atoms with Gasteiger partial charge in [-0.05, 0) is 12.1 Å². The Kier molecular flexibility index (Phi) is 20.8. The summed E-state index contributed by atoms with van der Waals surface area (Å²) in [6.45, 7) is 10.0. The number of aromatic amines is 1. The van der Waals surface area contributed by atoms with Crippen molar-refractivity contribution in [2.45, 2.75) is 51.7 Å². The largest absolute Gasteiger partial charge is 0.494 e. The normalized spacial score (nSPS) is 14.1. The standard InChI is InChI=1S/C49H63N11O15/c1-49(2,48-52-34-59(54-48)45-43-42(38(67-3)30-51-45)37(29-50-43)44(64)47(66)57-14-12-56(13-15-57)46(65)35-7-5-4-6-8-35)33-74-28-26-72-24-23-70-22-20-69-18-16-58-31-36(53-55-58)32-73-27-25-71-21-19-68-17-11-41(63)75-60-39(61)9-10-40(60)62/h4-8,29-31,34,50H,9-28,32-33H2,1-3H3. The number of pyridine rings is 1. The molecule has 1 aromatic carbocycles. The van der Waals surface area contributed by atoms with Crippen LogP contribution < -0.4 is 4.74 Å². The van der Waals surface area contributed by atoms with Gasteiger partial charge in [0.05, 0.1) is 141 Å². The minimum Gasteiger partial charge on any atom is -0.494 e. The van der Waals surface area contributed by atoms with E-state index in [0.717, 1.165) is 0 Å². The summed E-state index contributed by atoms with van der Waals surface area (Å²) < 4.78 is 48.0. The highest BCUT2D eigenvalue weighted by Crippen LogP contribution is 2.32. The van der Waals surface area contributed by atoms with E-state index in [1.54, 1.807) is 40.0 Å². The highest BCUT2D eigenvalue weighted by molar-refractivity contribution is 6.45. The Morgan fingerprint density at radius 2 is 1.35 bits per heavy atom. The van der Waals surface area contributed by atoms with Gasteiger partial charge >= 0.3 is 5.97 Å². The highest BCUT2D eigenvalue weighted by Gasteiger charge is 2.34. The Hall–Kier alpha value is -7.07. The maximum Gasteiger partial charge on any atom is 0.335 e. The zero-order valence-electron chi connectivity index (χ0n) is 42.3. The number of benzene rings is 1. The van der Waals surface area contributed by atoms with Crippen LogP contribution in [0.25, 0.3) is 16.7 Å². The quantitative estimate of drug-likeness (QED) is 0.0276. The lowest BCUT2D eigenvalue weighted by Crippen LogP contribution is -2.52. The minimum absolute atomic E-state index is 0.0406. The number of piperazine rings is 1. The molecule has 0 aliphatic carbocycles. The predicted octanol–water partition coefficient (Wildman–Crippen LogP) is 1.50. The number of fused-ring (bicyclic) bond motifs is 1. The molecule has 2 fully saturated rings. The Morgan fingerprint density at radius 1 is 0.733 bits per heavy atom. The molecule has 0 spiro atoms. The summed E-state index contributed by atoms with van der Waals surface area (Å²) in [6.07, 6.45) is 6.23. The average Bonchev–Trinajstić information content (AvgIpc) is 4.26. The van der Waals surface area contributed by atoms with Crippen LogP contribution in [0.1, 0.15) is 65.3 Å². The third-order valence-corrected chi connectivity index (χ3v) is 11.8. The number of nitrogens with one attached hydrogen (secondary N) is 1. The molecule has 0 saturated carbocycles. The molecule has 2 saturated heterocycles. The second-order valence-corrected chi connectivity index (χ2v) is 17.7. The van der Waals surface area contributed by atoms with Crippen molar-refractivity contribution in [1.29, 1.82) is 0 Å². The molecular formula is C49H63N11O15. The van der Waals surface area contributed by atoms with Crippen molar-refractivity contribution in [3.63, 3.8) is 0 Å². The van der Waals surface area contributed by atoms with Crippen LogP contribution in [0.5, 0.6) is 5.75 Å². The first kappa shape index (κ1) is 55.7. The number of rotatable bonds is 32.